The number of Topliss-reactive ketones (excluding diaryl/α,β-unsaturated/α-hetero) is 1. The number of hydrogen-bond donors (Lipinski definition) is 0. The molecule has 94 valence electrons. The van der Waals surface area contributed by atoms with Crippen molar-refractivity contribution < 1.29 is 9.18 Å². The average molecular weight is 253 g/mol. The maximum absolute atomic E-state index is 13.6. The average Bonchev–Trinajstić information content (AvgIpc) is 2.45. The van der Waals surface area contributed by atoms with Gasteiger partial charge in [-0.15, -0.1) is 0 Å². The molecule has 0 fully saturated rings. The van der Waals surface area contributed by atoms with E-state index in [2.05, 4.69) is 0 Å². The van der Waals surface area contributed by atoms with Crippen molar-refractivity contribution in [3.8, 4) is 17.2 Å². The van der Waals surface area contributed by atoms with Crippen LogP contribution in [0.2, 0.25) is 0 Å². The summed E-state index contributed by atoms with van der Waals surface area (Å²) in [5, 5.41) is 8.44. The highest BCUT2D eigenvalue weighted by atomic mass is 19.1. The van der Waals surface area contributed by atoms with Crippen LogP contribution in [0.3, 0.4) is 0 Å². The molecule has 2 aromatic carbocycles. The Kier molecular flexibility index (Phi) is 4.04. The van der Waals surface area contributed by atoms with Crippen LogP contribution in [0.1, 0.15) is 23.2 Å². The molecular formula is C16H12FNO. The van der Waals surface area contributed by atoms with Crippen LogP contribution in [-0.4, -0.2) is 5.78 Å². The highest BCUT2D eigenvalue weighted by Gasteiger charge is 2.07. The van der Waals surface area contributed by atoms with E-state index in [4.69, 9.17) is 5.26 Å². The molecule has 0 heterocycles. The molecule has 0 atom stereocenters. The Morgan fingerprint density at radius 1 is 1.11 bits per heavy atom. The number of carbonyl (C=O) groups is 1. The Morgan fingerprint density at radius 3 is 2.42 bits per heavy atom. The van der Waals surface area contributed by atoms with Gasteiger partial charge in [-0.2, -0.15) is 5.26 Å². The Morgan fingerprint density at radius 2 is 1.79 bits per heavy atom. The summed E-state index contributed by atoms with van der Waals surface area (Å²) < 4.78 is 13.6. The van der Waals surface area contributed by atoms with E-state index in [1.165, 1.54) is 6.07 Å². The molecule has 0 aliphatic rings. The fourth-order valence-corrected chi connectivity index (χ4v) is 1.84. The second kappa shape index (κ2) is 5.92. The zero-order chi connectivity index (χ0) is 13.7. The molecule has 0 aliphatic carbocycles. The lowest BCUT2D eigenvalue weighted by atomic mass is 10.0. The van der Waals surface area contributed by atoms with Gasteiger partial charge >= 0.3 is 0 Å². The summed E-state index contributed by atoms with van der Waals surface area (Å²) in [6.07, 6.45) is 0.434. The third-order valence-corrected chi connectivity index (χ3v) is 2.86. The highest BCUT2D eigenvalue weighted by molar-refractivity contribution is 5.96. The largest absolute Gasteiger partial charge is 0.294 e. The maximum Gasteiger partial charge on any atom is 0.163 e. The van der Waals surface area contributed by atoms with Crippen LogP contribution < -0.4 is 0 Å². The third-order valence-electron chi connectivity index (χ3n) is 2.86. The van der Waals surface area contributed by atoms with Gasteiger partial charge in [-0.1, -0.05) is 42.5 Å². The van der Waals surface area contributed by atoms with Crippen LogP contribution >= 0.6 is 0 Å². The van der Waals surface area contributed by atoms with Crippen molar-refractivity contribution in [1.82, 2.24) is 0 Å². The summed E-state index contributed by atoms with van der Waals surface area (Å²) in [5.41, 5.74) is 1.80. The van der Waals surface area contributed by atoms with Crippen molar-refractivity contribution in [3.05, 3.63) is 59.9 Å². The van der Waals surface area contributed by atoms with E-state index < -0.39 is 0 Å². The van der Waals surface area contributed by atoms with Gasteiger partial charge in [0.25, 0.3) is 0 Å². The standard InChI is InChI=1S/C16H12FNO/c17-15-5-2-1-4-14(15)12-7-9-13(10-8-12)16(19)6-3-11-18/h1-2,4-5,7-10H,3,6H2. The number of benzene rings is 2. The SMILES string of the molecule is N#CCCC(=O)c1ccc(-c2ccccc2F)cc1. The van der Waals surface area contributed by atoms with E-state index in [-0.39, 0.29) is 24.4 Å². The number of rotatable bonds is 4. The van der Waals surface area contributed by atoms with E-state index in [0.29, 0.717) is 11.1 Å². The monoisotopic (exact) mass is 253 g/mol. The van der Waals surface area contributed by atoms with Crippen molar-refractivity contribution in [3.63, 3.8) is 0 Å². The Balaban J connectivity index is 2.22. The number of hydrogen-bond acceptors (Lipinski definition) is 2. The molecule has 0 N–H and O–H groups in total. The van der Waals surface area contributed by atoms with Gasteiger partial charge in [0, 0.05) is 24.0 Å². The summed E-state index contributed by atoms with van der Waals surface area (Å²) in [6.45, 7) is 0. The Labute approximate surface area is 111 Å². The number of carbonyl (C=O) groups excluding carboxylic acids is 1. The van der Waals surface area contributed by atoms with Gasteiger partial charge in [0.2, 0.25) is 0 Å². The number of nitriles is 1. The van der Waals surface area contributed by atoms with Crippen molar-refractivity contribution >= 4 is 5.78 Å². The normalized spacial score (nSPS) is 9.89. The molecule has 0 radical (unpaired) electrons. The summed E-state index contributed by atoms with van der Waals surface area (Å²) in [5.74, 6) is -0.354. The van der Waals surface area contributed by atoms with Crippen molar-refractivity contribution in [2.75, 3.05) is 0 Å². The fraction of sp³-hybridized carbons (Fsp3) is 0.125. The van der Waals surface area contributed by atoms with E-state index >= 15 is 0 Å². The van der Waals surface area contributed by atoms with Crippen molar-refractivity contribution in [2.24, 2.45) is 0 Å². The highest BCUT2D eigenvalue weighted by Crippen LogP contribution is 2.23. The van der Waals surface area contributed by atoms with Gasteiger partial charge in [-0.05, 0) is 11.6 Å². The van der Waals surface area contributed by atoms with Crippen molar-refractivity contribution in [1.29, 1.82) is 5.26 Å². The first kappa shape index (κ1) is 13.0. The minimum atomic E-state index is -0.286. The van der Waals surface area contributed by atoms with Crippen LogP contribution in [0.5, 0.6) is 0 Å². The van der Waals surface area contributed by atoms with Crippen LogP contribution in [0.25, 0.3) is 11.1 Å². The predicted molar refractivity (Wildman–Crippen MR) is 71.0 cm³/mol. The minimum Gasteiger partial charge on any atom is -0.294 e. The lowest BCUT2D eigenvalue weighted by Crippen LogP contribution is -1.98. The van der Waals surface area contributed by atoms with Gasteiger partial charge in [0.05, 0.1) is 6.07 Å². The van der Waals surface area contributed by atoms with Crippen LogP contribution in [0, 0.1) is 17.1 Å². The first-order valence-electron chi connectivity index (χ1n) is 5.97. The predicted octanol–water partition coefficient (Wildman–Crippen LogP) is 3.98. The zero-order valence-corrected chi connectivity index (χ0v) is 10.3. The third kappa shape index (κ3) is 3.05. The lowest BCUT2D eigenvalue weighted by molar-refractivity contribution is 0.0984. The maximum atomic E-state index is 13.6. The molecule has 0 aromatic heterocycles. The first-order chi connectivity index (χ1) is 9.22. The number of nitrogens with zero attached hydrogens (tertiary/aromatic N) is 1. The zero-order valence-electron chi connectivity index (χ0n) is 10.3. The van der Waals surface area contributed by atoms with Crippen LogP contribution in [0.15, 0.2) is 48.5 Å². The second-order valence-electron chi connectivity index (χ2n) is 4.14. The number of ketones is 1. The molecule has 0 saturated heterocycles. The summed E-state index contributed by atoms with van der Waals surface area (Å²) >= 11 is 0. The molecule has 0 bridgehead atoms. The lowest BCUT2D eigenvalue weighted by Gasteiger charge is -2.04. The van der Waals surface area contributed by atoms with Crippen LogP contribution in [0.4, 0.5) is 4.39 Å². The van der Waals surface area contributed by atoms with Gasteiger partial charge < -0.3 is 0 Å². The van der Waals surface area contributed by atoms with Gasteiger partial charge in [0.15, 0.2) is 5.78 Å². The van der Waals surface area contributed by atoms with E-state index in [9.17, 15) is 9.18 Å². The molecule has 0 amide bonds. The van der Waals surface area contributed by atoms with Crippen LogP contribution in [-0.2, 0) is 0 Å². The first-order valence-corrected chi connectivity index (χ1v) is 5.97. The van der Waals surface area contributed by atoms with Gasteiger partial charge in [-0.25, -0.2) is 4.39 Å². The molecule has 2 nitrogen and oxygen atoms in total. The molecule has 19 heavy (non-hydrogen) atoms. The molecule has 0 saturated carbocycles. The minimum absolute atomic E-state index is 0.0679. The molecular weight excluding hydrogens is 241 g/mol. The Bertz CT molecular complexity index is 626. The fourth-order valence-electron chi connectivity index (χ4n) is 1.84. The summed E-state index contributed by atoms with van der Waals surface area (Å²) in [4.78, 5) is 11.7. The molecule has 3 heteroatoms. The van der Waals surface area contributed by atoms with E-state index in [0.717, 1.165) is 5.56 Å². The molecule has 0 aliphatic heterocycles. The summed E-state index contributed by atoms with van der Waals surface area (Å²) in [7, 11) is 0. The van der Waals surface area contributed by atoms with E-state index in [1.54, 1.807) is 42.5 Å². The topological polar surface area (TPSA) is 40.9 Å². The number of halogens is 1. The van der Waals surface area contributed by atoms with Crippen molar-refractivity contribution in [2.45, 2.75) is 12.8 Å². The van der Waals surface area contributed by atoms with Gasteiger partial charge in [0.1, 0.15) is 5.82 Å². The van der Waals surface area contributed by atoms with Gasteiger partial charge in [-0.3, -0.25) is 4.79 Å². The summed E-state index contributed by atoms with van der Waals surface area (Å²) in [6, 6.07) is 15.2. The Hall–Kier alpha value is -2.47. The second-order valence-corrected chi connectivity index (χ2v) is 4.14. The molecule has 2 aromatic rings. The quantitative estimate of drug-likeness (QED) is 0.773. The molecule has 0 spiro atoms. The van der Waals surface area contributed by atoms with E-state index in [1.807, 2.05) is 6.07 Å². The smallest absolute Gasteiger partial charge is 0.163 e. The molecule has 0 unspecified atom stereocenters. The molecule has 2 rings (SSSR count).